The van der Waals surface area contributed by atoms with E-state index in [4.69, 9.17) is 5.73 Å². The highest BCUT2D eigenvalue weighted by atomic mass is 19.4. The van der Waals surface area contributed by atoms with Crippen molar-refractivity contribution in [3.8, 4) is 0 Å². The number of amides is 2. The Kier molecular flexibility index (Phi) is 5.64. The molecule has 2 saturated carbocycles. The third kappa shape index (κ3) is 4.18. The van der Waals surface area contributed by atoms with Gasteiger partial charge in [0.25, 0.3) is 5.91 Å². The summed E-state index contributed by atoms with van der Waals surface area (Å²) >= 11 is 0. The molecule has 0 spiro atoms. The number of aromatic nitrogens is 2. The summed E-state index contributed by atoms with van der Waals surface area (Å²) in [6.07, 6.45) is -1.56. The van der Waals surface area contributed by atoms with E-state index in [-0.39, 0.29) is 61.1 Å². The van der Waals surface area contributed by atoms with E-state index in [1.807, 2.05) is 0 Å². The molecule has 2 aromatic rings. The van der Waals surface area contributed by atoms with Gasteiger partial charge in [-0.15, -0.1) is 0 Å². The quantitative estimate of drug-likeness (QED) is 0.691. The van der Waals surface area contributed by atoms with E-state index in [9.17, 15) is 27.6 Å². The number of likely N-dealkylation sites (tertiary alicyclic amines) is 1. The van der Waals surface area contributed by atoms with E-state index < -0.39 is 24.0 Å². The molecule has 1 saturated heterocycles. The Morgan fingerprint density at radius 1 is 1.09 bits per heavy atom. The molecule has 0 radical (unpaired) electrons. The summed E-state index contributed by atoms with van der Waals surface area (Å²) < 4.78 is 41.0. The number of Topliss-reactive ketones (excluding diaryl/α,β-unsaturated/α-hetero) is 1. The molecule has 10 heteroatoms. The fourth-order valence-electron chi connectivity index (χ4n) is 5.94. The van der Waals surface area contributed by atoms with Gasteiger partial charge in [-0.2, -0.15) is 18.3 Å². The zero-order valence-corrected chi connectivity index (χ0v) is 18.6. The van der Waals surface area contributed by atoms with Gasteiger partial charge in [0.05, 0.1) is 17.5 Å². The van der Waals surface area contributed by atoms with E-state index in [0.717, 1.165) is 6.42 Å². The molecule has 1 aliphatic heterocycles. The number of ketones is 1. The number of benzene rings is 1. The lowest BCUT2D eigenvalue weighted by molar-refractivity contribution is -0.186. The van der Waals surface area contributed by atoms with Crippen molar-refractivity contribution in [3.05, 3.63) is 30.0 Å². The summed E-state index contributed by atoms with van der Waals surface area (Å²) in [6, 6.07) is 6.37. The Morgan fingerprint density at radius 3 is 2.59 bits per heavy atom. The van der Waals surface area contributed by atoms with E-state index in [1.165, 1.54) is 4.68 Å². The molecule has 0 bridgehead atoms. The number of halogens is 3. The minimum absolute atomic E-state index is 0.00633. The number of hydrogen-bond acceptors (Lipinski definition) is 4. The molecule has 5 atom stereocenters. The van der Waals surface area contributed by atoms with Crippen molar-refractivity contribution < 1.29 is 27.6 Å². The number of nitrogens with zero attached hydrogens (tertiary/aromatic N) is 3. The van der Waals surface area contributed by atoms with Gasteiger partial charge in [0.15, 0.2) is 11.5 Å². The van der Waals surface area contributed by atoms with Crippen LogP contribution >= 0.6 is 0 Å². The van der Waals surface area contributed by atoms with Crippen LogP contribution in [0.5, 0.6) is 0 Å². The molecule has 3 aliphatic rings. The number of piperidine rings is 1. The number of hydrogen-bond donors (Lipinski definition) is 1. The lowest BCUT2D eigenvalue weighted by atomic mass is 9.78. The number of carbonyl (C=O) groups is 3. The van der Waals surface area contributed by atoms with Crippen LogP contribution in [0, 0.1) is 17.8 Å². The van der Waals surface area contributed by atoms with Crippen LogP contribution in [-0.2, 0) is 16.1 Å². The van der Waals surface area contributed by atoms with Gasteiger partial charge in [0, 0.05) is 17.8 Å². The van der Waals surface area contributed by atoms with Crippen molar-refractivity contribution in [1.29, 1.82) is 0 Å². The molecule has 2 aliphatic carbocycles. The third-order valence-electron chi connectivity index (χ3n) is 7.68. The van der Waals surface area contributed by atoms with Crippen LogP contribution in [-0.4, -0.2) is 50.5 Å². The normalized spacial score (nSPS) is 28.7. The van der Waals surface area contributed by atoms with Crippen molar-refractivity contribution in [2.45, 2.75) is 69.8 Å². The molecule has 3 fully saturated rings. The largest absolute Gasteiger partial charge is 0.391 e. The molecule has 182 valence electrons. The topological polar surface area (TPSA) is 98.3 Å². The standard InChI is InChI=1S/C24H27F3N4O3/c25-24(26,27)15-5-3-4-13(8-15)9-20(32)19-11-14-10-18(14)31(19)21(33)12-30-17-7-2-1-6-16(17)22(29-30)23(28)34/h1-2,6-7,13-15,18-19H,3-5,8-12H2,(H2,28,34)/t13-,14-,15+,18-,19+/m1/s1. The highest BCUT2D eigenvalue weighted by Gasteiger charge is 2.56. The number of primary amides is 1. The highest BCUT2D eigenvalue weighted by Crippen LogP contribution is 2.49. The van der Waals surface area contributed by atoms with E-state index in [1.54, 1.807) is 29.2 Å². The number of para-hydroxylation sites is 1. The van der Waals surface area contributed by atoms with E-state index >= 15 is 0 Å². The van der Waals surface area contributed by atoms with Gasteiger partial charge in [-0.3, -0.25) is 19.1 Å². The first-order chi connectivity index (χ1) is 16.1. The summed E-state index contributed by atoms with van der Waals surface area (Å²) in [5.41, 5.74) is 6.12. The van der Waals surface area contributed by atoms with Crippen LogP contribution < -0.4 is 5.73 Å². The van der Waals surface area contributed by atoms with Crippen molar-refractivity contribution in [3.63, 3.8) is 0 Å². The monoisotopic (exact) mass is 476 g/mol. The smallest absolute Gasteiger partial charge is 0.364 e. The molecule has 34 heavy (non-hydrogen) atoms. The minimum atomic E-state index is -4.23. The van der Waals surface area contributed by atoms with Crippen molar-refractivity contribution in [2.24, 2.45) is 23.5 Å². The Bertz CT molecular complexity index is 1140. The molecule has 7 nitrogen and oxygen atoms in total. The Hall–Kier alpha value is -2.91. The van der Waals surface area contributed by atoms with Crippen LogP contribution in [0.25, 0.3) is 10.9 Å². The van der Waals surface area contributed by atoms with Crippen LogP contribution in [0.4, 0.5) is 13.2 Å². The van der Waals surface area contributed by atoms with Crippen molar-refractivity contribution in [2.75, 3.05) is 0 Å². The van der Waals surface area contributed by atoms with Gasteiger partial charge >= 0.3 is 6.18 Å². The first kappa shape index (κ1) is 22.9. The maximum Gasteiger partial charge on any atom is 0.391 e. The Labute approximate surface area is 194 Å². The molecular formula is C24H27F3N4O3. The zero-order chi connectivity index (χ0) is 24.2. The third-order valence-corrected chi connectivity index (χ3v) is 7.68. The van der Waals surface area contributed by atoms with Crippen molar-refractivity contribution >= 4 is 28.5 Å². The number of carbonyl (C=O) groups excluding carboxylic acids is 3. The summed E-state index contributed by atoms with van der Waals surface area (Å²) in [7, 11) is 0. The fourth-order valence-corrected chi connectivity index (χ4v) is 5.94. The van der Waals surface area contributed by atoms with Gasteiger partial charge in [-0.25, -0.2) is 0 Å². The molecular weight excluding hydrogens is 449 g/mol. The number of alkyl halides is 3. The van der Waals surface area contributed by atoms with Crippen LogP contribution in [0.1, 0.15) is 55.4 Å². The SMILES string of the molecule is NC(=O)c1nn(CC(=O)N2[C@@H]3C[C@@H]3C[C@H]2C(=O)C[C@@H]2CCC[C@H](C(F)(F)F)C2)c2ccccc12. The van der Waals surface area contributed by atoms with Gasteiger partial charge in [-0.05, 0) is 50.0 Å². The first-order valence-electron chi connectivity index (χ1n) is 11.8. The van der Waals surface area contributed by atoms with Gasteiger partial charge in [0.2, 0.25) is 5.91 Å². The molecule has 2 amide bonds. The number of rotatable bonds is 6. The predicted octanol–water partition coefficient (Wildman–Crippen LogP) is 3.45. The average Bonchev–Trinajstić information content (AvgIpc) is 3.29. The number of nitrogens with two attached hydrogens (primary N) is 1. The molecule has 1 aromatic heterocycles. The summed E-state index contributed by atoms with van der Waals surface area (Å²) in [5, 5.41) is 4.79. The number of fused-ring (bicyclic) bond motifs is 2. The van der Waals surface area contributed by atoms with Crippen LogP contribution in [0.3, 0.4) is 0 Å². The zero-order valence-electron chi connectivity index (χ0n) is 18.6. The molecule has 1 aromatic carbocycles. The summed E-state index contributed by atoms with van der Waals surface area (Å²) in [4.78, 5) is 39.9. The second-order valence-electron chi connectivity index (χ2n) is 9.94. The average molecular weight is 476 g/mol. The second-order valence-corrected chi connectivity index (χ2v) is 9.94. The predicted molar refractivity (Wildman–Crippen MR) is 117 cm³/mol. The summed E-state index contributed by atoms with van der Waals surface area (Å²) in [5.74, 6) is -2.48. The summed E-state index contributed by atoms with van der Waals surface area (Å²) in [6.45, 7) is -0.139. The van der Waals surface area contributed by atoms with E-state index in [2.05, 4.69) is 5.10 Å². The Balaban J connectivity index is 1.30. The molecule has 2 heterocycles. The maximum absolute atomic E-state index is 13.3. The lowest BCUT2D eigenvalue weighted by Crippen LogP contribution is -2.45. The van der Waals surface area contributed by atoms with Crippen LogP contribution in [0.2, 0.25) is 0 Å². The minimum Gasteiger partial charge on any atom is -0.364 e. The van der Waals surface area contributed by atoms with Crippen molar-refractivity contribution in [1.82, 2.24) is 14.7 Å². The molecule has 5 rings (SSSR count). The lowest BCUT2D eigenvalue weighted by Gasteiger charge is -2.32. The van der Waals surface area contributed by atoms with Gasteiger partial charge in [-0.1, -0.05) is 24.6 Å². The van der Waals surface area contributed by atoms with Crippen LogP contribution in [0.15, 0.2) is 24.3 Å². The fraction of sp³-hybridized carbons (Fsp3) is 0.583. The van der Waals surface area contributed by atoms with Gasteiger partial charge in [0.1, 0.15) is 6.54 Å². The van der Waals surface area contributed by atoms with Gasteiger partial charge < -0.3 is 10.6 Å². The second kappa shape index (κ2) is 8.39. The highest BCUT2D eigenvalue weighted by molar-refractivity contribution is 6.04. The Morgan fingerprint density at radius 2 is 1.85 bits per heavy atom. The first-order valence-corrected chi connectivity index (χ1v) is 11.8. The maximum atomic E-state index is 13.3. The molecule has 0 unspecified atom stereocenters. The van der Waals surface area contributed by atoms with E-state index in [0.29, 0.717) is 30.2 Å². The molecule has 2 N–H and O–H groups in total.